The van der Waals surface area contributed by atoms with E-state index >= 15 is 0 Å². The van der Waals surface area contributed by atoms with Gasteiger partial charge in [-0.25, -0.2) is 12.8 Å². The van der Waals surface area contributed by atoms with Crippen LogP contribution in [0.4, 0.5) is 4.39 Å². The molecule has 28 heavy (non-hydrogen) atoms. The normalized spacial score (nSPS) is 12.5. The average Bonchev–Trinajstić information content (AvgIpc) is 3.18. The number of rotatable bonds is 6. The smallest absolute Gasteiger partial charge is 0.251 e. The number of carbonyl (C=O) groups excluding carboxylic acids is 1. The van der Waals surface area contributed by atoms with E-state index in [1.54, 1.807) is 41.8 Å². The third kappa shape index (κ3) is 4.43. The number of carbonyl (C=O) groups is 1. The first-order valence-electron chi connectivity index (χ1n) is 8.36. The van der Waals surface area contributed by atoms with Crippen LogP contribution in [0.3, 0.4) is 0 Å². The van der Waals surface area contributed by atoms with Crippen LogP contribution >= 0.6 is 22.9 Å². The van der Waals surface area contributed by atoms with Crippen molar-refractivity contribution in [3.63, 3.8) is 0 Å². The minimum Gasteiger partial charge on any atom is -0.350 e. The zero-order valence-electron chi connectivity index (χ0n) is 14.9. The van der Waals surface area contributed by atoms with Gasteiger partial charge in [0.05, 0.1) is 4.90 Å². The molecule has 0 spiro atoms. The van der Waals surface area contributed by atoms with Gasteiger partial charge in [-0.1, -0.05) is 17.7 Å². The van der Waals surface area contributed by atoms with Gasteiger partial charge in [-0.3, -0.25) is 4.79 Å². The van der Waals surface area contributed by atoms with Crippen molar-refractivity contribution in [3.05, 3.63) is 86.8 Å². The lowest BCUT2D eigenvalue weighted by atomic mass is 10.2. The van der Waals surface area contributed by atoms with E-state index in [9.17, 15) is 17.6 Å². The van der Waals surface area contributed by atoms with Gasteiger partial charge in [0.25, 0.3) is 5.91 Å². The van der Waals surface area contributed by atoms with Gasteiger partial charge in [-0.05, 0) is 66.4 Å². The molecule has 3 aromatic rings. The van der Waals surface area contributed by atoms with E-state index in [1.807, 2.05) is 0 Å². The average molecular weight is 438 g/mol. The van der Waals surface area contributed by atoms with E-state index in [1.165, 1.54) is 30.4 Å². The van der Waals surface area contributed by atoms with Crippen LogP contribution in [0.15, 0.2) is 64.9 Å². The Bertz CT molecular complexity index is 1080. The molecule has 0 bridgehead atoms. The van der Waals surface area contributed by atoms with E-state index in [0.717, 1.165) is 6.07 Å². The Morgan fingerprint density at radius 2 is 1.89 bits per heavy atom. The standard InChI is InChI=1S/C20H17ClFNO3S2/c1-13-11-16(8-9-17(13)22)28(25,26)19(18-3-2-10-27-18)12-23-20(24)14-4-6-15(21)7-5-14/h2-11,19H,12H2,1H3,(H,23,24)/t19-/m0/s1. The summed E-state index contributed by atoms with van der Waals surface area (Å²) >= 11 is 7.11. The summed E-state index contributed by atoms with van der Waals surface area (Å²) in [5.74, 6) is -0.869. The molecule has 1 N–H and O–H groups in total. The van der Waals surface area contributed by atoms with Crippen molar-refractivity contribution in [2.75, 3.05) is 6.54 Å². The highest BCUT2D eigenvalue weighted by Gasteiger charge is 2.31. The van der Waals surface area contributed by atoms with E-state index in [-0.39, 0.29) is 17.0 Å². The number of sulfone groups is 1. The lowest BCUT2D eigenvalue weighted by Gasteiger charge is -2.18. The summed E-state index contributed by atoms with van der Waals surface area (Å²) in [6.07, 6.45) is 0. The first-order valence-corrected chi connectivity index (χ1v) is 11.2. The second-order valence-corrected chi connectivity index (χ2v) is 9.72. The van der Waals surface area contributed by atoms with Gasteiger partial charge in [0.15, 0.2) is 9.84 Å². The predicted octanol–water partition coefficient (Wildman–Crippen LogP) is 4.79. The van der Waals surface area contributed by atoms with Crippen molar-refractivity contribution in [1.29, 1.82) is 0 Å². The molecule has 0 aliphatic carbocycles. The first-order chi connectivity index (χ1) is 13.3. The Hall–Kier alpha value is -2.22. The molecule has 0 radical (unpaired) electrons. The Kier molecular flexibility index (Phi) is 6.17. The third-order valence-corrected chi connectivity index (χ3v) is 7.72. The van der Waals surface area contributed by atoms with Gasteiger partial charge in [-0.2, -0.15) is 0 Å². The van der Waals surface area contributed by atoms with Crippen molar-refractivity contribution in [1.82, 2.24) is 5.32 Å². The summed E-state index contributed by atoms with van der Waals surface area (Å²) in [6.45, 7) is 1.40. The number of hydrogen-bond acceptors (Lipinski definition) is 4. The summed E-state index contributed by atoms with van der Waals surface area (Å²) < 4.78 is 40.0. The van der Waals surface area contributed by atoms with Gasteiger partial charge in [0.1, 0.15) is 11.1 Å². The molecule has 146 valence electrons. The molecule has 1 aromatic heterocycles. The molecule has 1 atom stereocenters. The number of thiophene rings is 1. The van der Waals surface area contributed by atoms with Gasteiger partial charge >= 0.3 is 0 Å². The summed E-state index contributed by atoms with van der Waals surface area (Å²) in [7, 11) is -3.84. The highest BCUT2D eigenvalue weighted by molar-refractivity contribution is 7.91. The molecule has 1 amide bonds. The highest BCUT2D eigenvalue weighted by atomic mass is 35.5. The zero-order valence-corrected chi connectivity index (χ0v) is 17.2. The Balaban J connectivity index is 1.88. The third-order valence-electron chi connectivity index (χ3n) is 4.25. The first kappa shape index (κ1) is 20.5. The van der Waals surface area contributed by atoms with Crippen LogP contribution in [0.25, 0.3) is 0 Å². The second kappa shape index (κ2) is 8.43. The number of hydrogen-bond donors (Lipinski definition) is 1. The van der Waals surface area contributed by atoms with Gasteiger partial charge in [0, 0.05) is 22.0 Å². The fraction of sp³-hybridized carbons (Fsp3) is 0.150. The van der Waals surface area contributed by atoms with E-state index < -0.39 is 26.8 Å². The fourth-order valence-corrected chi connectivity index (χ4v) is 5.68. The maximum atomic E-state index is 13.6. The Morgan fingerprint density at radius 1 is 1.18 bits per heavy atom. The number of aryl methyl sites for hydroxylation is 1. The molecule has 3 rings (SSSR count). The monoisotopic (exact) mass is 437 g/mol. The maximum absolute atomic E-state index is 13.6. The molecule has 0 fully saturated rings. The maximum Gasteiger partial charge on any atom is 0.251 e. The van der Waals surface area contributed by atoms with Crippen LogP contribution in [0, 0.1) is 12.7 Å². The lowest BCUT2D eigenvalue weighted by Crippen LogP contribution is -2.31. The van der Waals surface area contributed by atoms with Crippen LogP contribution in [0.5, 0.6) is 0 Å². The molecule has 1 heterocycles. The van der Waals surface area contributed by atoms with E-state index in [4.69, 9.17) is 11.6 Å². The van der Waals surface area contributed by atoms with Gasteiger partial charge < -0.3 is 5.32 Å². The quantitative estimate of drug-likeness (QED) is 0.564. The number of benzene rings is 2. The molecule has 0 aliphatic heterocycles. The van der Waals surface area contributed by atoms with Crippen molar-refractivity contribution in [2.45, 2.75) is 17.1 Å². The van der Waals surface area contributed by atoms with E-state index in [0.29, 0.717) is 15.5 Å². The van der Waals surface area contributed by atoms with Crippen LogP contribution < -0.4 is 5.32 Å². The molecule has 0 saturated heterocycles. The number of halogens is 2. The molecule has 0 unspecified atom stereocenters. The van der Waals surface area contributed by atoms with E-state index in [2.05, 4.69) is 5.32 Å². The zero-order chi connectivity index (χ0) is 20.3. The van der Waals surface area contributed by atoms with Crippen LogP contribution in [0.2, 0.25) is 5.02 Å². The van der Waals surface area contributed by atoms with Gasteiger partial charge in [-0.15, -0.1) is 11.3 Å². The predicted molar refractivity (Wildman–Crippen MR) is 109 cm³/mol. The van der Waals surface area contributed by atoms with Gasteiger partial charge in [0.2, 0.25) is 0 Å². The molecule has 4 nitrogen and oxygen atoms in total. The fourth-order valence-electron chi connectivity index (χ4n) is 2.68. The molecule has 2 aromatic carbocycles. The Morgan fingerprint density at radius 3 is 2.50 bits per heavy atom. The SMILES string of the molecule is Cc1cc(S(=O)(=O)[C@@H](CNC(=O)c2ccc(Cl)cc2)c2cccs2)ccc1F. The van der Waals surface area contributed by atoms with Crippen molar-refractivity contribution in [2.24, 2.45) is 0 Å². The van der Waals surface area contributed by atoms with Crippen LogP contribution in [-0.2, 0) is 9.84 Å². The summed E-state index contributed by atoms with van der Waals surface area (Å²) in [5.41, 5.74) is 0.626. The molecular formula is C20H17ClFNO3S2. The topological polar surface area (TPSA) is 63.2 Å². The Labute approximate surface area is 171 Å². The number of nitrogens with one attached hydrogen (secondary N) is 1. The van der Waals surface area contributed by atoms with Crippen LogP contribution in [-0.4, -0.2) is 20.9 Å². The summed E-state index contributed by atoms with van der Waals surface area (Å²) in [4.78, 5) is 13.0. The van der Waals surface area contributed by atoms with Crippen molar-refractivity contribution < 1.29 is 17.6 Å². The van der Waals surface area contributed by atoms with Crippen molar-refractivity contribution >= 4 is 38.7 Å². The lowest BCUT2D eigenvalue weighted by molar-refractivity contribution is 0.0953. The van der Waals surface area contributed by atoms with Crippen LogP contribution in [0.1, 0.15) is 26.0 Å². The summed E-state index contributed by atoms with van der Waals surface area (Å²) in [5, 5.41) is 3.98. The minimum atomic E-state index is -3.84. The second-order valence-electron chi connectivity index (χ2n) is 6.18. The summed E-state index contributed by atoms with van der Waals surface area (Å²) in [6, 6.07) is 13.5. The molecule has 0 saturated carbocycles. The highest BCUT2D eigenvalue weighted by Crippen LogP contribution is 2.32. The number of amides is 1. The molecule has 0 aliphatic rings. The minimum absolute atomic E-state index is 0.0190. The molecule has 8 heteroatoms. The largest absolute Gasteiger partial charge is 0.350 e. The van der Waals surface area contributed by atoms with Crippen molar-refractivity contribution in [3.8, 4) is 0 Å². The molecular weight excluding hydrogens is 421 g/mol.